The fourth-order valence-corrected chi connectivity index (χ4v) is 3.97. The Morgan fingerprint density at radius 1 is 0.724 bits per heavy atom. The van der Waals surface area contributed by atoms with Crippen molar-refractivity contribution in [3.05, 3.63) is 114 Å². The van der Waals surface area contributed by atoms with Crippen molar-refractivity contribution in [2.24, 2.45) is 0 Å². The van der Waals surface area contributed by atoms with Gasteiger partial charge in [0.25, 0.3) is 0 Å². The largest absolute Gasteiger partial charge is 0.340 e. The average Bonchev–Trinajstić information content (AvgIpc) is 3.11. The summed E-state index contributed by atoms with van der Waals surface area (Å²) < 4.78 is 2.40. The van der Waals surface area contributed by atoms with Crippen molar-refractivity contribution in [1.29, 1.82) is 0 Å². The molecule has 5 aromatic rings. The van der Waals surface area contributed by atoms with Crippen molar-refractivity contribution in [2.45, 2.75) is 13.5 Å². The lowest BCUT2D eigenvalue weighted by Gasteiger charge is -2.14. The molecule has 0 saturated heterocycles. The number of hydrogen-bond donors (Lipinski definition) is 0. The zero-order valence-electron chi connectivity index (χ0n) is 16.4. The van der Waals surface area contributed by atoms with Crippen LogP contribution in [0.25, 0.3) is 33.4 Å². The highest BCUT2D eigenvalue weighted by Crippen LogP contribution is 2.35. The lowest BCUT2D eigenvalue weighted by molar-refractivity contribution is 0.784. The van der Waals surface area contributed by atoms with E-state index in [9.17, 15) is 0 Å². The van der Waals surface area contributed by atoms with Gasteiger partial charge in [-0.05, 0) is 36.2 Å². The fourth-order valence-electron chi connectivity index (χ4n) is 3.97. The summed E-state index contributed by atoms with van der Waals surface area (Å²) in [7, 11) is 0. The van der Waals surface area contributed by atoms with Gasteiger partial charge in [-0.15, -0.1) is 0 Å². The molecule has 0 radical (unpaired) electrons. The van der Waals surface area contributed by atoms with Crippen molar-refractivity contribution in [1.82, 2.24) is 9.55 Å². The number of fused-ring (bicyclic) bond motifs is 1. The van der Waals surface area contributed by atoms with Crippen LogP contribution in [0, 0.1) is 6.92 Å². The number of hydrogen-bond acceptors (Lipinski definition) is 1. The Morgan fingerprint density at radius 2 is 1.41 bits per heavy atom. The zero-order valence-corrected chi connectivity index (χ0v) is 16.4. The van der Waals surface area contributed by atoms with Gasteiger partial charge in [0, 0.05) is 23.2 Å². The molecule has 3 aromatic carbocycles. The molecule has 0 atom stereocenters. The van der Waals surface area contributed by atoms with Gasteiger partial charge >= 0.3 is 0 Å². The first-order valence-corrected chi connectivity index (χ1v) is 9.95. The molecule has 5 rings (SSSR count). The molecule has 0 unspecified atom stereocenters. The van der Waals surface area contributed by atoms with E-state index in [1.807, 2.05) is 6.07 Å². The number of rotatable bonds is 4. The summed E-state index contributed by atoms with van der Waals surface area (Å²) in [5.74, 6) is 0. The first-order valence-electron chi connectivity index (χ1n) is 9.95. The second-order valence-corrected chi connectivity index (χ2v) is 7.37. The molecule has 0 aliphatic rings. The first-order chi connectivity index (χ1) is 14.3. The van der Waals surface area contributed by atoms with Crippen molar-refractivity contribution < 1.29 is 0 Å². The normalized spacial score (nSPS) is 11.1. The van der Waals surface area contributed by atoms with E-state index in [2.05, 4.69) is 109 Å². The van der Waals surface area contributed by atoms with Crippen LogP contribution in [0.1, 0.15) is 11.3 Å². The van der Waals surface area contributed by atoms with Gasteiger partial charge in [0.2, 0.25) is 0 Å². The minimum Gasteiger partial charge on any atom is -0.340 e. The van der Waals surface area contributed by atoms with Crippen molar-refractivity contribution in [3.63, 3.8) is 0 Å². The highest BCUT2D eigenvalue weighted by atomic mass is 15.0. The van der Waals surface area contributed by atoms with Gasteiger partial charge in [0.05, 0.1) is 16.9 Å². The number of benzene rings is 3. The molecule has 0 saturated carbocycles. The Kier molecular flexibility index (Phi) is 4.45. The smallest absolute Gasteiger partial charge is 0.0731 e. The second-order valence-electron chi connectivity index (χ2n) is 7.37. The highest BCUT2D eigenvalue weighted by Gasteiger charge is 2.17. The number of pyridine rings is 1. The molecule has 140 valence electrons. The molecule has 2 aromatic heterocycles. The van der Waals surface area contributed by atoms with Gasteiger partial charge in [-0.25, -0.2) is 4.98 Å². The van der Waals surface area contributed by atoms with E-state index < -0.39 is 0 Å². The van der Waals surface area contributed by atoms with Crippen LogP contribution in [0.15, 0.2) is 103 Å². The van der Waals surface area contributed by atoms with Crippen molar-refractivity contribution >= 4 is 10.9 Å². The third-order valence-corrected chi connectivity index (χ3v) is 5.41. The van der Waals surface area contributed by atoms with Gasteiger partial charge in [-0.3, -0.25) is 0 Å². The predicted octanol–water partition coefficient (Wildman–Crippen LogP) is 6.73. The first kappa shape index (κ1) is 17.4. The summed E-state index contributed by atoms with van der Waals surface area (Å²) in [6, 6.07) is 36.1. The van der Waals surface area contributed by atoms with Crippen molar-refractivity contribution in [3.8, 4) is 22.5 Å². The van der Waals surface area contributed by atoms with E-state index in [1.54, 1.807) is 0 Å². The van der Waals surface area contributed by atoms with Crippen molar-refractivity contribution in [2.75, 3.05) is 0 Å². The molecule has 2 nitrogen and oxygen atoms in total. The van der Waals surface area contributed by atoms with Crippen LogP contribution >= 0.6 is 0 Å². The standard InChI is InChI=1S/C27H22N2/c1-20-18-24(26-17-16-22-12-8-9-15-25(22)28-26)27(23-13-6-3-7-14-23)29(20)19-21-10-4-2-5-11-21/h2-18H,19H2,1H3. The maximum atomic E-state index is 4.98. The summed E-state index contributed by atoms with van der Waals surface area (Å²) in [6.07, 6.45) is 0. The number of nitrogens with zero attached hydrogens (tertiary/aromatic N) is 2. The van der Waals surface area contributed by atoms with E-state index in [0.29, 0.717) is 0 Å². The molecule has 0 bridgehead atoms. The molecule has 0 spiro atoms. The predicted molar refractivity (Wildman–Crippen MR) is 121 cm³/mol. The number of para-hydroxylation sites is 1. The summed E-state index contributed by atoms with van der Waals surface area (Å²) in [4.78, 5) is 4.98. The monoisotopic (exact) mass is 374 g/mol. The third kappa shape index (κ3) is 3.34. The maximum Gasteiger partial charge on any atom is 0.0731 e. The molecule has 2 heterocycles. The van der Waals surface area contributed by atoms with Gasteiger partial charge in [-0.1, -0.05) is 84.9 Å². The van der Waals surface area contributed by atoms with Gasteiger partial charge < -0.3 is 4.57 Å². The van der Waals surface area contributed by atoms with Gasteiger partial charge in [0.15, 0.2) is 0 Å². The van der Waals surface area contributed by atoms with Crippen LogP contribution in [-0.4, -0.2) is 9.55 Å². The molecule has 0 fully saturated rings. The van der Waals surface area contributed by atoms with E-state index in [1.165, 1.54) is 28.1 Å². The second kappa shape index (κ2) is 7.40. The Balaban J connectivity index is 1.71. The molecule has 0 N–H and O–H groups in total. The van der Waals surface area contributed by atoms with Gasteiger partial charge in [0.1, 0.15) is 0 Å². The highest BCUT2D eigenvalue weighted by molar-refractivity contribution is 5.86. The molecular formula is C27H22N2. The quantitative estimate of drug-likeness (QED) is 0.341. The molecule has 0 aliphatic carbocycles. The SMILES string of the molecule is Cc1cc(-c2ccc3ccccc3n2)c(-c2ccccc2)n1Cc1ccccc1. The van der Waals surface area contributed by atoms with E-state index in [0.717, 1.165) is 23.1 Å². The topological polar surface area (TPSA) is 17.8 Å². The number of aryl methyl sites for hydroxylation is 1. The van der Waals surface area contributed by atoms with Crippen LogP contribution in [0.4, 0.5) is 0 Å². The molecule has 0 aliphatic heterocycles. The van der Waals surface area contributed by atoms with E-state index >= 15 is 0 Å². The van der Waals surface area contributed by atoms with Crippen LogP contribution in [0.5, 0.6) is 0 Å². The molecule has 2 heteroatoms. The molecular weight excluding hydrogens is 352 g/mol. The lowest BCUT2D eigenvalue weighted by atomic mass is 10.0. The van der Waals surface area contributed by atoms with Crippen LogP contribution < -0.4 is 0 Å². The summed E-state index contributed by atoms with van der Waals surface area (Å²) >= 11 is 0. The van der Waals surface area contributed by atoms with E-state index in [-0.39, 0.29) is 0 Å². The summed E-state index contributed by atoms with van der Waals surface area (Å²) in [5.41, 5.74) is 8.17. The zero-order chi connectivity index (χ0) is 19.6. The Hall–Kier alpha value is -3.65. The Labute approximate surface area is 171 Å². The van der Waals surface area contributed by atoms with Gasteiger partial charge in [-0.2, -0.15) is 0 Å². The summed E-state index contributed by atoms with van der Waals surface area (Å²) in [6.45, 7) is 3.02. The number of aromatic nitrogens is 2. The minimum atomic E-state index is 0.838. The van der Waals surface area contributed by atoms with E-state index in [4.69, 9.17) is 4.98 Å². The fraction of sp³-hybridized carbons (Fsp3) is 0.0741. The maximum absolute atomic E-state index is 4.98. The minimum absolute atomic E-state index is 0.838. The molecule has 29 heavy (non-hydrogen) atoms. The molecule has 0 amide bonds. The average molecular weight is 374 g/mol. The lowest BCUT2D eigenvalue weighted by Crippen LogP contribution is -2.04. The third-order valence-electron chi connectivity index (χ3n) is 5.41. The summed E-state index contributed by atoms with van der Waals surface area (Å²) in [5, 5.41) is 1.16. The van der Waals surface area contributed by atoms with Crippen LogP contribution in [0.2, 0.25) is 0 Å². The Morgan fingerprint density at radius 3 is 2.21 bits per heavy atom. The Bertz CT molecular complexity index is 1270. The van der Waals surface area contributed by atoms with Crippen LogP contribution in [-0.2, 0) is 6.54 Å². The van der Waals surface area contributed by atoms with Crippen LogP contribution in [0.3, 0.4) is 0 Å².